The average Bonchev–Trinajstić information content (AvgIpc) is 3.10. The van der Waals surface area contributed by atoms with Crippen molar-refractivity contribution in [2.75, 3.05) is 0 Å². The molecule has 3 aromatic carbocycles. The Morgan fingerprint density at radius 3 is 1.33 bits per heavy atom. The first-order valence-corrected chi connectivity index (χ1v) is 20.6. The number of nitrogens with zero attached hydrogens (tertiary/aromatic N) is 4. The molecule has 0 fully saturated rings. The Labute approximate surface area is 363 Å². The van der Waals surface area contributed by atoms with Crippen LogP contribution in [0.25, 0.3) is 16.8 Å². The van der Waals surface area contributed by atoms with E-state index in [0.29, 0.717) is 65.6 Å². The highest BCUT2D eigenvalue weighted by molar-refractivity contribution is 6.40. The summed E-state index contributed by atoms with van der Waals surface area (Å²) in [6, 6.07) is 16.3. The molecule has 2 aliphatic carbocycles. The van der Waals surface area contributed by atoms with Gasteiger partial charge in [0.25, 0.3) is 0 Å². The van der Waals surface area contributed by atoms with Crippen LogP contribution in [0.3, 0.4) is 0 Å². The molecule has 0 bridgehead atoms. The monoisotopic (exact) mass is 854 g/mol. The summed E-state index contributed by atoms with van der Waals surface area (Å²) in [5.74, 6) is 0.0734. The average molecular weight is 857 g/mol. The van der Waals surface area contributed by atoms with E-state index in [-0.39, 0.29) is 27.4 Å². The van der Waals surface area contributed by atoms with Crippen LogP contribution in [-0.4, -0.2) is 11.6 Å². The zero-order valence-electron chi connectivity index (χ0n) is 35.2. The lowest BCUT2D eigenvalue weighted by molar-refractivity contribution is -0.114. The van der Waals surface area contributed by atoms with Crippen molar-refractivity contribution in [3.8, 4) is 11.1 Å². The van der Waals surface area contributed by atoms with E-state index in [4.69, 9.17) is 51.5 Å². The fraction of sp³-hybridized carbons (Fsp3) is 0.333. The van der Waals surface area contributed by atoms with Gasteiger partial charge in [0, 0.05) is 44.6 Å². The number of halogens is 4. The van der Waals surface area contributed by atoms with Crippen LogP contribution in [0, 0.1) is 21.7 Å². The highest BCUT2D eigenvalue weighted by Gasteiger charge is 2.36. The van der Waals surface area contributed by atoms with Crippen molar-refractivity contribution in [2.24, 2.45) is 42.1 Å². The largest absolute Gasteiger partial charge is 0.289 e. The Hall–Kier alpha value is -4.20. The van der Waals surface area contributed by atoms with E-state index >= 15 is 0 Å². The van der Waals surface area contributed by atoms with E-state index in [2.05, 4.69) is 15.3 Å². The zero-order valence-corrected chi connectivity index (χ0v) is 38.2. The molecule has 0 N–H and O–H groups in total. The lowest BCUT2D eigenvalue weighted by atomic mass is 9.71. The smallest absolute Gasteiger partial charge is 0.186 e. The Kier molecular flexibility index (Phi) is 13.0. The van der Waals surface area contributed by atoms with Crippen molar-refractivity contribution in [3.05, 3.63) is 144 Å². The lowest BCUT2D eigenvalue weighted by Crippen LogP contribution is -2.28. The second-order valence-electron chi connectivity index (χ2n) is 18.7. The molecule has 0 unspecified atom stereocenters. The third-order valence-electron chi connectivity index (χ3n) is 9.75. The minimum absolute atomic E-state index is 0.0307. The van der Waals surface area contributed by atoms with Crippen molar-refractivity contribution in [3.63, 3.8) is 0 Å². The number of ketones is 2. The maximum absolute atomic E-state index is 13.7. The number of carbonyl (C=O) groups is 2. The Morgan fingerprint density at radius 1 is 0.517 bits per heavy atom. The van der Waals surface area contributed by atoms with Crippen molar-refractivity contribution < 1.29 is 9.59 Å². The van der Waals surface area contributed by atoms with Gasteiger partial charge in [-0.1, -0.05) is 160 Å². The van der Waals surface area contributed by atoms with Crippen molar-refractivity contribution >= 4 is 75.0 Å². The molecule has 58 heavy (non-hydrogen) atoms. The van der Waals surface area contributed by atoms with Gasteiger partial charge in [-0.05, 0) is 75.8 Å². The van der Waals surface area contributed by atoms with Crippen LogP contribution in [0.2, 0.25) is 20.1 Å². The standard InChI is InChI=1S/C48H50Cl4N4O2/c1-45(2,3)32-18-27(19-33(43(32)57)46(4,5)6)26-53-54-40-24-36(49)30(22-38(40)51)31-23-39(52)41(25-37(31)50)55-56-42(28-16-14-13-15-17-28)29-20-34(47(7,8)9)44(58)35(21-29)48(10,11)12/h13-26H,1-12H3. The SMILES string of the molecule is CC(C)(C)C1=CC(=CN=Nc2cc(Cl)c(-c3cc(Cl)c(N=NC(=C4C=C(C(C)(C)C)C(=O)C(C(C)(C)C)=C4)c4ccccc4)cc3Cl)cc2Cl)C=C(C(C)(C)C)C1=O. The number of azo groups is 2. The summed E-state index contributed by atoms with van der Waals surface area (Å²) >= 11 is 27.3. The van der Waals surface area contributed by atoms with Crippen LogP contribution >= 0.6 is 46.4 Å². The third kappa shape index (κ3) is 10.1. The number of allylic oxidation sites excluding steroid dienone is 10. The summed E-state index contributed by atoms with van der Waals surface area (Å²) in [6.45, 7) is 24.3. The van der Waals surface area contributed by atoms with E-state index < -0.39 is 10.8 Å². The van der Waals surface area contributed by atoms with Gasteiger partial charge in [0.05, 0.1) is 26.3 Å². The van der Waals surface area contributed by atoms with Gasteiger partial charge in [0.2, 0.25) is 0 Å². The highest BCUT2D eigenvalue weighted by atomic mass is 35.5. The third-order valence-corrected chi connectivity index (χ3v) is 11.0. The second-order valence-corrected chi connectivity index (χ2v) is 20.3. The number of carbonyl (C=O) groups excluding carboxylic acids is 2. The summed E-state index contributed by atoms with van der Waals surface area (Å²) in [4.78, 5) is 27.0. The fourth-order valence-corrected chi connectivity index (χ4v) is 7.42. The highest BCUT2D eigenvalue weighted by Crippen LogP contribution is 2.45. The molecular weight excluding hydrogens is 806 g/mol. The number of hydrogen-bond acceptors (Lipinski definition) is 6. The molecular formula is C48H50Cl4N4O2. The summed E-state index contributed by atoms with van der Waals surface area (Å²) in [5.41, 5.74) is 6.02. The molecule has 0 aliphatic heterocycles. The van der Waals surface area contributed by atoms with Crippen LogP contribution in [0.15, 0.2) is 139 Å². The fourth-order valence-electron chi connectivity index (χ4n) is 6.50. The van der Waals surface area contributed by atoms with Crippen LogP contribution < -0.4 is 0 Å². The lowest BCUT2D eigenvalue weighted by Gasteiger charge is -2.31. The summed E-state index contributed by atoms with van der Waals surface area (Å²) in [6.07, 6.45) is 9.17. The molecule has 302 valence electrons. The summed E-state index contributed by atoms with van der Waals surface area (Å²) < 4.78 is 0. The predicted molar refractivity (Wildman–Crippen MR) is 243 cm³/mol. The van der Waals surface area contributed by atoms with Crippen LogP contribution in [0.4, 0.5) is 11.4 Å². The maximum Gasteiger partial charge on any atom is 0.186 e. The van der Waals surface area contributed by atoms with Crippen LogP contribution in [-0.2, 0) is 9.59 Å². The van der Waals surface area contributed by atoms with E-state index in [1.54, 1.807) is 30.5 Å². The van der Waals surface area contributed by atoms with Gasteiger partial charge in [0.15, 0.2) is 11.6 Å². The summed E-state index contributed by atoms with van der Waals surface area (Å²) in [7, 11) is 0. The quantitative estimate of drug-likeness (QED) is 0.231. The van der Waals surface area contributed by atoms with Crippen LogP contribution in [0.1, 0.15) is 88.6 Å². The van der Waals surface area contributed by atoms with Crippen molar-refractivity contribution in [2.45, 2.75) is 83.1 Å². The Bertz CT molecular complexity index is 2360. The van der Waals surface area contributed by atoms with E-state index in [1.165, 1.54) is 0 Å². The molecule has 0 saturated carbocycles. The molecule has 0 saturated heterocycles. The van der Waals surface area contributed by atoms with Gasteiger partial charge >= 0.3 is 0 Å². The van der Waals surface area contributed by atoms with Gasteiger partial charge in [-0.15, -0.1) is 15.3 Å². The van der Waals surface area contributed by atoms with Crippen molar-refractivity contribution in [1.82, 2.24) is 0 Å². The topological polar surface area (TPSA) is 83.6 Å². The molecule has 10 heteroatoms. The second kappa shape index (κ2) is 16.8. The maximum atomic E-state index is 13.7. The molecule has 0 spiro atoms. The van der Waals surface area contributed by atoms with Gasteiger partial charge < -0.3 is 0 Å². The molecule has 5 rings (SSSR count). The van der Waals surface area contributed by atoms with Crippen molar-refractivity contribution in [1.29, 1.82) is 0 Å². The van der Waals surface area contributed by atoms with E-state index in [1.807, 2.05) is 138 Å². The molecule has 6 nitrogen and oxygen atoms in total. The predicted octanol–water partition coefficient (Wildman–Crippen LogP) is 16.5. The Morgan fingerprint density at radius 2 is 0.914 bits per heavy atom. The van der Waals surface area contributed by atoms with Gasteiger partial charge in [-0.3, -0.25) is 9.59 Å². The summed E-state index contributed by atoms with van der Waals surface area (Å²) in [5, 5.41) is 19.3. The number of rotatable bonds is 6. The number of benzene rings is 3. The minimum Gasteiger partial charge on any atom is -0.289 e. The van der Waals surface area contributed by atoms with E-state index in [9.17, 15) is 9.59 Å². The Balaban J connectivity index is 1.51. The molecule has 0 amide bonds. The molecule has 3 aromatic rings. The first-order chi connectivity index (χ1) is 26.8. The molecule has 0 atom stereocenters. The van der Waals surface area contributed by atoms with E-state index in [0.717, 1.165) is 16.7 Å². The first-order valence-electron chi connectivity index (χ1n) is 19.1. The minimum atomic E-state index is -0.402. The number of Topliss-reactive ketones (excluding diaryl/α,β-unsaturated/α-hetero) is 2. The van der Waals surface area contributed by atoms with Gasteiger partial charge in [-0.2, -0.15) is 5.11 Å². The normalized spacial score (nSPS) is 15.9. The number of hydrogen-bond donors (Lipinski definition) is 0. The molecule has 0 heterocycles. The van der Waals surface area contributed by atoms with Gasteiger partial charge in [0.1, 0.15) is 17.1 Å². The first kappa shape index (κ1) is 44.9. The molecule has 0 aromatic heterocycles. The molecule has 0 radical (unpaired) electrons. The van der Waals surface area contributed by atoms with Gasteiger partial charge in [-0.25, -0.2) is 0 Å². The molecule has 2 aliphatic rings. The zero-order chi connectivity index (χ0) is 43.1. The van der Waals surface area contributed by atoms with Crippen LogP contribution in [0.5, 0.6) is 0 Å².